The van der Waals surface area contributed by atoms with Gasteiger partial charge in [-0.25, -0.2) is 0 Å². The summed E-state index contributed by atoms with van der Waals surface area (Å²) in [6.07, 6.45) is 1.09. The first-order chi connectivity index (χ1) is 9.51. The van der Waals surface area contributed by atoms with E-state index in [0.717, 1.165) is 30.7 Å². The van der Waals surface area contributed by atoms with Crippen LogP contribution in [0.4, 0.5) is 0 Å². The van der Waals surface area contributed by atoms with E-state index in [1.165, 1.54) is 10.4 Å². The molecule has 1 atom stereocenters. The lowest BCUT2D eigenvalue weighted by molar-refractivity contribution is 0.605. The molecule has 1 nitrogen and oxygen atoms in total. The monoisotopic (exact) mass is 499 g/mol. The van der Waals surface area contributed by atoms with Crippen LogP contribution < -0.4 is 5.32 Å². The summed E-state index contributed by atoms with van der Waals surface area (Å²) in [6.45, 7) is 3.13. The van der Waals surface area contributed by atoms with Gasteiger partial charge in [0.25, 0.3) is 0 Å². The van der Waals surface area contributed by atoms with Gasteiger partial charge >= 0.3 is 0 Å². The summed E-state index contributed by atoms with van der Waals surface area (Å²) in [5, 5.41) is 3.59. The van der Waals surface area contributed by atoms with Gasteiger partial charge in [0.1, 0.15) is 4.34 Å². The number of hydrogen-bond acceptors (Lipinski definition) is 2. The van der Waals surface area contributed by atoms with Gasteiger partial charge in [-0.3, -0.25) is 0 Å². The van der Waals surface area contributed by atoms with Gasteiger partial charge < -0.3 is 5.32 Å². The molecule has 0 saturated heterocycles. The van der Waals surface area contributed by atoms with E-state index in [0.29, 0.717) is 0 Å². The molecule has 1 unspecified atom stereocenters. The van der Waals surface area contributed by atoms with Crippen LogP contribution in [0, 0.1) is 0 Å². The molecule has 2 rings (SSSR count). The molecule has 108 valence electrons. The minimum Gasteiger partial charge on any atom is -0.306 e. The molecule has 1 heterocycles. The molecule has 20 heavy (non-hydrogen) atoms. The third-order valence-electron chi connectivity index (χ3n) is 2.77. The van der Waals surface area contributed by atoms with Crippen LogP contribution in [0.2, 0.25) is 4.34 Å². The van der Waals surface area contributed by atoms with Crippen molar-refractivity contribution in [2.45, 2.75) is 19.4 Å². The molecule has 0 bridgehead atoms. The second-order valence-electron chi connectivity index (χ2n) is 4.36. The van der Waals surface area contributed by atoms with Crippen molar-refractivity contribution in [2.24, 2.45) is 0 Å². The molecule has 0 spiro atoms. The molecule has 0 fully saturated rings. The van der Waals surface area contributed by atoms with E-state index < -0.39 is 0 Å². The van der Waals surface area contributed by atoms with Crippen LogP contribution >= 0.6 is 70.7 Å². The van der Waals surface area contributed by atoms with Crippen molar-refractivity contribution in [3.8, 4) is 0 Å². The first-order valence-corrected chi connectivity index (χ1v) is 9.72. The summed E-state index contributed by atoms with van der Waals surface area (Å²) in [7, 11) is 0. The molecule has 2 aromatic rings. The van der Waals surface area contributed by atoms with Gasteiger partial charge in [0.15, 0.2) is 0 Å². The maximum atomic E-state index is 6.18. The Kier molecular flexibility index (Phi) is 6.57. The third kappa shape index (κ3) is 4.31. The van der Waals surface area contributed by atoms with Crippen molar-refractivity contribution in [1.29, 1.82) is 0 Å². The number of halogens is 4. The Hall–Kier alpha value is 0.610. The van der Waals surface area contributed by atoms with Crippen molar-refractivity contribution in [2.75, 3.05) is 6.54 Å². The Morgan fingerprint density at radius 3 is 2.30 bits per heavy atom. The largest absolute Gasteiger partial charge is 0.306 e. The summed E-state index contributed by atoms with van der Waals surface area (Å²) >= 11 is 18.4. The van der Waals surface area contributed by atoms with Gasteiger partial charge in [-0.2, -0.15) is 0 Å². The quantitative estimate of drug-likeness (QED) is 0.476. The Morgan fingerprint density at radius 2 is 1.80 bits per heavy atom. The van der Waals surface area contributed by atoms with E-state index in [4.69, 9.17) is 11.6 Å². The highest BCUT2D eigenvalue weighted by Crippen LogP contribution is 2.38. The smallest absolute Gasteiger partial charge is 0.107 e. The summed E-state index contributed by atoms with van der Waals surface area (Å²) in [5.41, 5.74) is 1.21. The molecule has 6 heteroatoms. The van der Waals surface area contributed by atoms with Gasteiger partial charge in [-0.15, -0.1) is 11.3 Å². The Bertz CT molecular complexity index is 560. The van der Waals surface area contributed by atoms with Crippen molar-refractivity contribution in [3.05, 3.63) is 52.5 Å². The minimum atomic E-state index is 0.151. The van der Waals surface area contributed by atoms with Crippen LogP contribution in [0.25, 0.3) is 0 Å². The normalized spacial score (nSPS) is 12.7. The highest BCUT2D eigenvalue weighted by atomic mass is 79.9. The van der Waals surface area contributed by atoms with E-state index in [9.17, 15) is 0 Å². The first-order valence-electron chi connectivity index (χ1n) is 6.15. The van der Waals surface area contributed by atoms with Gasteiger partial charge in [0.2, 0.25) is 0 Å². The van der Waals surface area contributed by atoms with Crippen LogP contribution in [0.1, 0.15) is 29.8 Å². The number of benzene rings is 1. The number of nitrogens with one attached hydrogen (secondary N) is 1. The molecule has 0 aliphatic rings. The zero-order valence-electron chi connectivity index (χ0n) is 10.7. The van der Waals surface area contributed by atoms with E-state index in [-0.39, 0.29) is 6.04 Å². The predicted molar refractivity (Wildman–Crippen MR) is 99.0 cm³/mol. The molecule has 0 radical (unpaired) electrons. The number of rotatable bonds is 5. The Labute approximate surface area is 153 Å². The van der Waals surface area contributed by atoms with Crippen LogP contribution in [-0.2, 0) is 0 Å². The molecule has 0 saturated carbocycles. The van der Waals surface area contributed by atoms with Crippen LogP contribution in [-0.4, -0.2) is 6.54 Å². The van der Waals surface area contributed by atoms with Crippen LogP contribution in [0.3, 0.4) is 0 Å². The van der Waals surface area contributed by atoms with E-state index in [2.05, 4.69) is 78.2 Å². The van der Waals surface area contributed by atoms with E-state index in [1.807, 2.05) is 6.07 Å². The minimum absolute atomic E-state index is 0.151. The summed E-state index contributed by atoms with van der Waals surface area (Å²) in [5.74, 6) is 0. The van der Waals surface area contributed by atoms with Crippen molar-refractivity contribution in [3.63, 3.8) is 0 Å². The van der Waals surface area contributed by atoms with Gasteiger partial charge in [0.05, 0.1) is 6.04 Å². The van der Waals surface area contributed by atoms with E-state index >= 15 is 0 Å². The zero-order chi connectivity index (χ0) is 14.7. The molecule has 1 aromatic carbocycles. The molecule has 0 amide bonds. The van der Waals surface area contributed by atoms with Crippen LogP contribution in [0.5, 0.6) is 0 Å². The van der Waals surface area contributed by atoms with Crippen LogP contribution in [0.15, 0.2) is 37.7 Å². The average molecular weight is 502 g/mol. The Morgan fingerprint density at radius 1 is 1.15 bits per heavy atom. The fourth-order valence-corrected chi connectivity index (χ4v) is 5.09. The maximum absolute atomic E-state index is 6.18. The first kappa shape index (κ1) is 17.0. The Balaban J connectivity index is 2.40. The highest BCUT2D eigenvalue weighted by Gasteiger charge is 2.18. The summed E-state index contributed by atoms with van der Waals surface area (Å²) < 4.78 is 3.87. The molecular formula is C14H13Br3ClNS. The number of thiophene rings is 1. The standard InChI is InChI=1S/C14H13Br3ClNS/c1-2-3-19-13(12-7-11(17)14(18)20-12)8-4-9(15)6-10(16)5-8/h4-7,13,19H,2-3H2,1H3. The fraction of sp³-hybridized carbons (Fsp3) is 0.286. The lowest BCUT2D eigenvalue weighted by Crippen LogP contribution is -2.22. The number of hydrogen-bond donors (Lipinski definition) is 1. The van der Waals surface area contributed by atoms with Crippen molar-refractivity contribution in [1.82, 2.24) is 5.32 Å². The van der Waals surface area contributed by atoms with Crippen molar-refractivity contribution >= 4 is 70.7 Å². The molecule has 1 aromatic heterocycles. The second kappa shape index (κ2) is 7.75. The second-order valence-corrected chi connectivity index (χ2v) is 8.73. The van der Waals surface area contributed by atoms with Gasteiger partial charge in [0, 0.05) is 18.3 Å². The summed E-state index contributed by atoms with van der Waals surface area (Å²) in [6, 6.07) is 8.56. The lowest BCUT2D eigenvalue weighted by Gasteiger charge is -2.18. The molecule has 0 aliphatic carbocycles. The average Bonchev–Trinajstić information content (AvgIpc) is 2.69. The third-order valence-corrected chi connectivity index (χ3v) is 6.22. The van der Waals surface area contributed by atoms with Crippen molar-refractivity contribution < 1.29 is 0 Å². The zero-order valence-corrected chi connectivity index (χ0v) is 17.1. The van der Waals surface area contributed by atoms with Gasteiger partial charge in [-0.1, -0.05) is 50.4 Å². The fourth-order valence-electron chi connectivity index (χ4n) is 1.92. The lowest BCUT2D eigenvalue weighted by atomic mass is 10.1. The predicted octanol–water partition coefficient (Wildman–Crippen LogP) is 6.78. The highest BCUT2D eigenvalue weighted by molar-refractivity contribution is 9.11. The maximum Gasteiger partial charge on any atom is 0.107 e. The van der Waals surface area contributed by atoms with E-state index in [1.54, 1.807) is 11.3 Å². The topological polar surface area (TPSA) is 12.0 Å². The summed E-state index contributed by atoms with van der Waals surface area (Å²) in [4.78, 5) is 1.21. The van der Waals surface area contributed by atoms with Gasteiger partial charge in [-0.05, 0) is 58.7 Å². The molecular weight excluding hydrogens is 489 g/mol. The molecule has 0 aliphatic heterocycles. The SMILES string of the molecule is CCCNC(c1cc(Br)cc(Br)c1)c1cc(Br)c(Cl)s1. The molecule has 1 N–H and O–H groups in total.